The molecule has 1 atom stereocenters. The molecule has 1 saturated heterocycles. The van der Waals surface area contributed by atoms with Gasteiger partial charge in [-0.2, -0.15) is 5.10 Å². The van der Waals surface area contributed by atoms with Gasteiger partial charge in [-0.3, -0.25) is 9.59 Å². The summed E-state index contributed by atoms with van der Waals surface area (Å²) in [4.78, 5) is 29.7. The van der Waals surface area contributed by atoms with Crippen LogP contribution in [-0.4, -0.2) is 52.4 Å². The number of nitrogens with zero attached hydrogens (tertiary/aromatic N) is 3. The van der Waals surface area contributed by atoms with Crippen LogP contribution in [0.3, 0.4) is 0 Å². The van der Waals surface area contributed by atoms with Crippen LogP contribution in [0.2, 0.25) is 0 Å². The van der Waals surface area contributed by atoms with E-state index in [9.17, 15) is 9.59 Å². The molecular formula is C22H31N5O4. The van der Waals surface area contributed by atoms with E-state index in [0.717, 1.165) is 25.0 Å². The molecule has 0 bridgehead atoms. The Balaban J connectivity index is 1.73. The summed E-state index contributed by atoms with van der Waals surface area (Å²) >= 11 is 0. The van der Waals surface area contributed by atoms with E-state index < -0.39 is 5.91 Å². The third kappa shape index (κ3) is 6.60. The lowest BCUT2D eigenvalue weighted by atomic mass is 10.2. The van der Waals surface area contributed by atoms with E-state index >= 15 is 0 Å². The highest BCUT2D eigenvalue weighted by Gasteiger charge is 2.24. The predicted octanol–water partition coefficient (Wildman–Crippen LogP) is 3.08. The third-order valence-electron chi connectivity index (χ3n) is 4.82. The highest BCUT2D eigenvalue weighted by Crippen LogP contribution is 2.25. The van der Waals surface area contributed by atoms with E-state index in [4.69, 9.17) is 9.47 Å². The Hall–Kier alpha value is -2.78. The number of carbonyl (C=O) groups is 2. The van der Waals surface area contributed by atoms with Crippen molar-refractivity contribution in [2.45, 2.75) is 58.8 Å². The molecule has 1 fully saturated rings. The summed E-state index contributed by atoms with van der Waals surface area (Å²) in [6, 6.07) is 5.21. The molecule has 3 heterocycles. The van der Waals surface area contributed by atoms with Gasteiger partial charge in [-0.05, 0) is 58.6 Å². The minimum Gasteiger partial charge on any atom is -0.379 e. The molecule has 1 aliphatic heterocycles. The van der Waals surface area contributed by atoms with Crippen LogP contribution < -0.4 is 10.6 Å². The van der Waals surface area contributed by atoms with Gasteiger partial charge >= 0.3 is 0 Å². The molecule has 1 unspecified atom stereocenters. The summed E-state index contributed by atoms with van der Waals surface area (Å²) in [6.45, 7) is 7.41. The predicted molar refractivity (Wildman–Crippen MR) is 116 cm³/mol. The Labute approximate surface area is 182 Å². The second-order valence-electron chi connectivity index (χ2n) is 7.84. The van der Waals surface area contributed by atoms with Crippen molar-refractivity contribution in [2.24, 2.45) is 0 Å². The smallest absolute Gasteiger partial charge is 0.274 e. The summed E-state index contributed by atoms with van der Waals surface area (Å²) in [7, 11) is 0. The van der Waals surface area contributed by atoms with Gasteiger partial charge in [0.05, 0.1) is 18.0 Å². The number of anilines is 1. The van der Waals surface area contributed by atoms with Gasteiger partial charge < -0.3 is 20.1 Å². The minimum atomic E-state index is -0.396. The number of carbonyl (C=O) groups excluding carboxylic acids is 2. The standard InChI is InChI=1S/C22H31N5O4/c1-15(2)30-13-7-11-23-22(29)20-18(14-27(26-20)19-10-4-5-12-31-19)25-21(28)17-9-6-8-16(3)24-17/h6,8-9,14-15,19H,4-5,7,10-13H2,1-3H3,(H,23,29)(H,25,28). The topological polar surface area (TPSA) is 107 Å². The molecule has 0 aromatic carbocycles. The maximum atomic E-state index is 12.8. The van der Waals surface area contributed by atoms with Gasteiger partial charge in [0.2, 0.25) is 0 Å². The molecule has 9 heteroatoms. The molecular weight excluding hydrogens is 398 g/mol. The molecule has 0 radical (unpaired) electrons. The highest BCUT2D eigenvalue weighted by molar-refractivity contribution is 6.07. The first kappa shape index (κ1) is 22.9. The molecule has 2 aromatic heterocycles. The fourth-order valence-corrected chi connectivity index (χ4v) is 3.26. The van der Waals surface area contributed by atoms with Crippen LogP contribution in [0.25, 0.3) is 0 Å². The van der Waals surface area contributed by atoms with E-state index in [2.05, 4.69) is 20.7 Å². The zero-order valence-corrected chi connectivity index (χ0v) is 18.4. The normalized spacial score (nSPS) is 16.3. The number of hydrogen-bond acceptors (Lipinski definition) is 6. The minimum absolute atomic E-state index is 0.152. The summed E-state index contributed by atoms with van der Waals surface area (Å²) in [5.41, 5.74) is 1.50. The maximum Gasteiger partial charge on any atom is 0.274 e. The van der Waals surface area contributed by atoms with E-state index in [0.29, 0.717) is 31.9 Å². The molecule has 0 saturated carbocycles. The quantitative estimate of drug-likeness (QED) is 0.593. The van der Waals surface area contributed by atoms with Gasteiger partial charge in [-0.25, -0.2) is 9.67 Å². The van der Waals surface area contributed by atoms with E-state index in [1.807, 2.05) is 26.8 Å². The average molecular weight is 430 g/mol. The zero-order valence-electron chi connectivity index (χ0n) is 18.4. The Morgan fingerprint density at radius 2 is 2.13 bits per heavy atom. The monoisotopic (exact) mass is 429 g/mol. The molecule has 31 heavy (non-hydrogen) atoms. The largest absolute Gasteiger partial charge is 0.379 e. The number of ether oxygens (including phenoxy) is 2. The van der Waals surface area contributed by atoms with Gasteiger partial charge in [0.25, 0.3) is 11.8 Å². The van der Waals surface area contributed by atoms with Crippen molar-refractivity contribution >= 4 is 17.5 Å². The third-order valence-corrected chi connectivity index (χ3v) is 4.82. The molecule has 0 spiro atoms. The lowest BCUT2D eigenvalue weighted by Crippen LogP contribution is -2.27. The SMILES string of the molecule is Cc1cccc(C(=O)Nc2cn(C3CCCCO3)nc2C(=O)NCCCOC(C)C)n1. The molecule has 2 N–H and O–H groups in total. The van der Waals surface area contributed by atoms with Crippen LogP contribution in [0, 0.1) is 6.92 Å². The van der Waals surface area contributed by atoms with Crippen molar-refractivity contribution < 1.29 is 19.1 Å². The van der Waals surface area contributed by atoms with Crippen molar-refractivity contribution in [3.05, 3.63) is 41.5 Å². The van der Waals surface area contributed by atoms with Crippen LogP contribution in [-0.2, 0) is 9.47 Å². The van der Waals surface area contributed by atoms with Crippen LogP contribution in [0.5, 0.6) is 0 Å². The summed E-state index contributed by atoms with van der Waals surface area (Å²) in [6.07, 6.45) is 5.08. The number of nitrogens with one attached hydrogen (secondary N) is 2. The number of rotatable bonds is 9. The van der Waals surface area contributed by atoms with Gasteiger partial charge in [0.1, 0.15) is 11.9 Å². The Morgan fingerprint density at radius 3 is 2.84 bits per heavy atom. The first-order chi connectivity index (χ1) is 14.9. The van der Waals surface area contributed by atoms with Crippen LogP contribution in [0.4, 0.5) is 5.69 Å². The highest BCUT2D eigenvalue weighted by atomic mass is 16.5. The summed E-state index contributed by atoms with van der Waals surface area (Å²) < 4.78 is 12.9. The molecule has 0 aliphatic carbocycles. The maximum absolute atomic E-state index is 12.8. The van der Waals surface area contributed by atoms with Gasteiger partial charge in [-0.1, -0.05) is 6.07 Å². The number of hydrogen-bond donors (Lipinski definition) is 2. The molecule has 1 aliphatic rings. The van der Waals surface area contributed by atoms with Crippen LogP contribution >= 0.6 is 0 Å². The molecule has 2 amide bonds. The van der Waals surface area contributed by atoms with Crippen molar-refractivity contribution in [1.82, 2.24) is 20.1 Å². The van der Waals surface area contributed by atoms with E-state index in [1.54, 1.807) is 23.0 Å². The molecule has 2 aromatic rings. The van der Waals surface area contributed by atoms with Crippen LogP contribution in [0.1, 0.15) is 72.4 Å². The first-order valence-electron chi connectivity index (χ1n) is 10.8. The molecule has 9 nitrogen and oxygen atoms in total. The zero-order chi connectivity index (χ0) is 22.2. The molecule has 168 valence electrons. The van der Waals surface area contributed by atoms with Crippen molar-refractivity contribution in [1.29, 1.82) is 0 Å². The Bertz CT molecular complexity index is 890. The number of amides is 2. The number of aromatic nitrogens is 3. The fraction of sp³-hybridized carbons (Fsp3) is 0.545. The van der Waals surface area contributed by atoms with E-state index in [1.165, 1.54) is 0 Å². The van der Waals surface area contributed by atoms with Crippen LogP contribution in [0.15, 0.2) is 24.4 Å². The van der Waals surface area contributed by atoms with Crippen molar-refractivity contribution in [3.63, 3.8) is 0 Å². The second kappa shape index (κ2) is 11.0. The van der Waals surface area contributed by atoms with Crippen molar-refractivity contribution in [3.8, 4) is 0 Å². The first-order valence-corrected chi connectivity index (χ1v) is 10.8. The van der Waals surface area contributed by atoms with Gasteiger partial charge in [0.15, 0.2) is 5.69 Å². The lowest BCUT2D eigenvalue weighted by Gasteiger charge is -2.22. The van der Waals surface area contributed by atoms with E-state index in [-0.39, 0.29) is 29.6 Å². The van der Waals surface area contributed by atoms with Gasteiger partial charge in [-0.15, -0.1) is 0 Å². The van der Waals surface area contributed by atoms with Gasteiger partial charge in [0, 0.05) is 25.5 Å². The molecule has 3 rings (SSSR count). The lowest BCUT2D eigenvalue weighted by molar-refractivity contribution is -0.0395. The fourth-order valence-electron chi connectivity index (χ4n) is 3.26. The Kier molecular flexibility index (Phi) is 8.13. The Morgan fingerprint density at radius 1 is 1.29 bits per heavy atom. The van der Waals surface area contributed by atoms with Crippen molar-refractivity contribution in [2.75, 3.05) is 25.1 Å². The summed E-state index contributed by atoms with van der Waals surface area (Å²) in [5, 5.41) is 10.1. The average Bonchev–Trinajstić information content (AvgIpc) is 3.17. The number of aryl methyl sites for hydroxylation is 1. The summed E-state index contributed by atoms with van der Waals surface area (Å²) in [5.74, 6) is -0.751. The number of pyridine rings is 1. The second-order valence-corrected chi connectivity index (χ2v) is 7.84.